The van der Waals surface area contributed by atoms with Crippen molar-refractivity contribution in [3.8, 4) is 16.5 Å². The molecule has 15 heavy (non-hydrogen) atoms. The number of nitriles is 1. The summed E-state index contributed by atoms with van der Waals surface area (Å²) in [6, 6.07) is 7.57. The number of aromatic nitrogens is 1. The number of thiophene rings is 1. The summed E-state index contributed by atoms with van der Waals surface area (Å²) in [4.78, 5) is 15.1. The van der Waals surface area contributed by atoms with Crippen molar-refractivity contribution in [3.63, 3.8) is 0 Å². The third kappa shape index (κ3) is 1.69. The first kappa shape index (κ1) is 9.69. The zero-order valence-corrected chi connectivity index (χ0v) is 8.89. The summed E-state index contributed by atoms with van der Waals surface area (Å²) >= 11 is 1.52. The maximum Gasteiger partial charge on any atom is 0.266 e. The van der Waals surface area contributed by atoms with Crippen LogP contribution in [0.1, 0.15) is 11.3 Å². The zero-order chi connectivity index (χ0) is 10.8. The second kappa shape index (κ2) is 3.71. The number of nitrogens with zero attached hydrogens (tertiary/aromatic N) is 1. The predicted octanol–water partition coefficient (Wildman–Crippen LogP) is 2.28. The van der Waals surface area contributed by atoms with E-state index in [0.717, 1.165) is 10.6 Å². The average Bonchev–Trinajstić information content (AvgIpc) is 2.69. The number of hydrogen-bond donors (Lipinski definition) is 1. The Hall–Kier alpha value is -1.86. The first-order valence-corrected chi connectivity index (χ1v) is 5.28. The molecule has 4 heteroatoms. The summed E-state index contributed by atoms with van der Waals surface area (Å²) in [6.45, 7) is 1.81. The highest BCUT2D eigenvalue weighted by atomic mass is 32.1. The second-order valence-corrected chi connectivity index (χ2v) is 4.11. The Labute approximate surface area is 90.6 Å². The number of nitrogens with one attached hydrogen (secondary N) is 1. The van der Waals surface area contributed by atoms with E-state index < -0.39 is 0 Å². The average molecular weight is 216 g/mol. The van der Waals surface area contributed by atoms with Crippen molar-refractivity contribution < 1.29 is 0 Å². The van der Waals surface area contributed by atoms with Crippen molar-refractivity contribution in [3.05, 3.63) is 45.2 Å². The fourth-order valence-electron chi connectivity index (χ4n) is 1.43. The third-order valence-electron chi connectivity index (χ3n) is 2.07. The maximum atomic E-state index is 11.5. The van der Waals surface area contributed by atoms with Crippen LogP contribution in [0.4, 0.5) is 0 Å². The summed E-state index contributed by atoms with van der Waals surface area (Å²) < 4.78 is 0. The molecule has 1 N–H and O–H groups in total. The molecule has 0 aliphatic heterocycles. The fraction of sp³-hybridized carbons (Fsp3) is 0.0909. The molecule has 0 aliphatic rings. The molecule has 0 amide bonds. The molecule has 0 spiro atoms. The van der Waals surface area contributed by atoms with E-state index in [1.54, 1.807) is 6.92 Å². The Morgan fingerprint density at radius 1 is 1.53 bits per heavy atom. The summed E-state index contributed by atoms with van der Waals surface area (Å²) in [5.41, 5.74) is 1.35. The van der Waals surface area contributed by atoms with Gasteiger partial charge in [-0.3, -0.25) is 4.79 Å². The van der Waals surface area contributed by atoms with E-state index in [1.807, 2.05) is 29.6 Å². The van der Waals surface area contributed by atoms with Crippen molar-refractivity contribution in [1.82, 2.24) is 4.98 Å². The molecule has 0 fully saturated rings. The van der Waals surface area contributed by atoms with Crippen molar-refractivity contribution in [2.75, 3.05) is 0 Å². The Kier molecular flexibility index (Phi) is 2.40. The predicted molar refractivity (Wildman–Crippen MR) is 59.8 cm³/mol. The summed E-state index contributed by atoms with van der Waals surface area (Å²) in [7, 11) is 0. The Morgan fingerprint density at radius 2 is 2.33 bits per heavy atom. The highest BCUT2D eigenvalue weighted by Crippen LogP contribution is 2.26. The molecule has 2 aromatic rings. The van der Waals surface area contributed by atoms with E-state index in [-0.39, 0.29) is 11.1 Å². The van der Waals surface area contributed by atoms with Gasteiger partial charge in [-0.1, -0.05) is 6.07 Å². The number of H-pyrrole nitrogens is 1. The van der Waals surface area contributed by atoms with Gasteiger partial charge in [-0.15, -0.1) is 11.3 Å². The normalized spacial score (nSPS) is 9.87. The van der Waals surface area contributed by atoms with Crippen molar-refractivity contribution in [2.45, 2.75) is 6.92 Å². The van der Waals surface area contributed by atoms with Gasteiger partial charge in [0.2, 0.25) is 0 Å². The van der Waals surface area contributed by atoms with Crippen LogP contribution in [0.3, 0.4) is 0 Å². The molecular formula is C11H8N2OS. The minimum Gasteiger partial charge on any atom is -0.325 e. The molecule has 0 aromatic carbocycles. The van der Waals surface area contributed by atoms with Gasteiger partial charge in [0, 0.05) is 16.1 Å². The van der Waals surface area contributed by atoms with Crippen LogP contribution in [0.2, 0.25) is 0 Å². The first-order valence-electron chi connectivity index (χ1n) is 4.40. The van der Waals surface area contributed by atoms with Gasteiger partial charge in [-0.2, -0.15) is 5.26 Å². The molecule has 0 bridgehead atoms. The first-order chi connectivity index (χ1) is 7.22. The lowest BCUT2D eigenvalue weighted by Gasteiger charge is -2.01. The lowest BCUT2D eigenvalue weighted by Crippen LogP contribution is -2.12. The Balaban J connectivity index is 2.77. The summed E-state index contributed by atoms with van der Waals surface area (Å²) in [6.07, 6.45) is 0. The third-order valence-corrected chi connectivity index (χ3v) is 2.97. The number of rotatable bonds is 1. The minimum absolute atomic E-state index is 0.183. The van der Waals surface area contributed by atoms with E-state index >= 15 is 0 Å². The highest BCUT2D eigenvalue weighted by molar-refractivity contribution is 7.13. The van der Waals surface area contributed by atoms with E-state index in [4.69, 9.17) is 5.26 Å². The van der Waals surface area contributed by atoms with Crippen LogP contribution in [0, 0.1) is 18.3 Å². The smallest absolute Gasteiger partial charge is 0.266 e. The topological polar surface area (TPSA) is 56.6 Å². The molecule has 0 unspecified atom stereocenters. The van der Waals surface area contributed by atoms with Gasteiger partial charge in [0.25, 0.3) is 5.56 Å². The molecule has 0 atom stereocenters. The van der Waals surface area contributed by atoms with Crippen molar-refractivity contribution in [1.29, 1.82) is 5.26 Å². The molecule has 0 radical (unpaired) electrons. The van der Waals surface area contributed by atoms with E-state index in [2.05, 4.69) is 4.98 Å². The highest BCUT2D eigenvalue weighted by Gasteiger charge is 2.10. The Morgan fingerprint density at radius 3 is 2.93 bits per heavy atom. The maximum absolute atomic E-state index is 11.5. The van der Waals surface area contributed by atoms with Gasteiger partial charge in [0.15, 0.2) is 0 Å². The SMILES string of the molecule is Cc1cc(-c2cccs2)c(C#N)c(=O)[nH]1. The van der Waals surface area contributed by atoms with Crippen molar-refractivity contribution in [2.24, 2.45) is 0 Å². The number of pyridine rings is 1. The van der Waals surface area contributed by atoms with Crippen LogP contribution in [0.5, 0.6) is 0 Å². The van der Waals surface area contributed by atoms with E-state index in [0.29, 0.717) is 5.56 Å². The molecule has 0 saturated carbocycles. The fourth-order valence-corrected chi connectivity index (χ4v) is 2.17. The molecule has 2 aromatic heterocycles. The quantitative estimate of drug-likeness (QED) is 0.795. The van der Waals surface area contributed by atoms with Gasteiger partial charge in [0.1, 0.15) is 11.6 Å². The molecule has 2 rings (SSSR count). The van der Waals surface area contributed by atoms with Crippen LogP contribution in [-0.2, 0) is 0 Å². The molecule has 0 saturated heterocycles. The second-order valence-electron chi connectivity index (χ2n) is 3.16. The lowest BCUT2D eigenvalue weighted by atomic mass is 10.1. The standard InChI is InChI=1S/C11H8N2OS/c1-7-5-8(10-3-2-4-15-10)9(6-12)11(14)13-7/h2-5H,1H3,(H,13,14). The molecule has 0 aliphatic carbocycles. The van der Waals surface area contributed by atoms with E-state index in [1.165, 1.54) is 11.3 Å². The van der Waals surface area contributed by atoms with Crippen LogP contribution in [0.25, 0.3) is 10.4 Å². The molecule has 2 heterocycles. The van der Waals surface area contributed by atoms with Gasteiger partial charge in [0.05, 0.1) is 0 Å². The number of hydrogen-bond acceptors (Lipinski definition) is 3. The summed E-state index contributed by atoms with van der Waals surface area (Å²) in [5.74, 6) is 0. The Bertz CT molecular complexity index is 576. The molecule has 74 valence electrons. The van der Waals surface area contributed by atoms with Crippen molar-refractivity contribution >= 4 is 11.3 Å². The van der Waals surface area contributed by atoms with Gasteiger partial charge in [-0.05, 0) is 24.4 Å². The molecule has 3 nitrogen and oxygen atoms in total. The number of aryl methyl sites for hydroxylation is 1. The minimum atomic E-state index is -0.319. The van der Waals surface area contributed by atoms with Gasteiger partial charge in [-0.25, -0.2) is 0 Å². The lowest BCUT2D eigenvalue weighted by molar-refractivity contribution is 1.13. The zero-order valence-electron chi connectivity index (χ0n) is 8.07. The summed E-state index contributed by atoms with van der Waals surface area (Å²) in [5, 5.41) is 10.8. The van der Waals surface area contributed by atoms with Crippen LogP contribution < -0.4 is 5.56 Å². The largest absolute Gasteiger partial charge is 0.325 e. The molecular weight excluding hydrogens is 208 g/mol. The monoisotopic (exact) mass is 216 g/mol. The van der Waals surface area contributed by atoms with Gasteiger partial charge < -0.3 is 4.98 Å². The van der Waals surface area contributed by atoms with Crippen LogP contribution in [0.15, 0.2) is 28.4 Å². The van der Waals surface area contributed by atoms with Crippen LogP contribution >= 0.6 is 11.3 Å². The van der Waals surface area contributed by atoms with E-state index in [9.17, 15) is 4.79 Å². The number of aromatic amines is 1. The van der Waals surface area contributed by atoms with Gasteiger partial charge >= 0.3 is 0 Å². The van der Waals surface area contributed by atoms with Crippen LogP contribution in [-0.4, -0.2) is 4.98 Å².